The number of benzene rings is 1. The Balaban J connectivity index is 2.97. The predicted molar refractivity (Wildman–Crippen MR) is 64.7 cm³/mol. The highest BCUT2D eigenvalue weighted by molar-refractivity contribution is 5.36. The van der Waals surface area contributed by atoms with E-state index < -0.39 is 18.6 Å². The molecule has 0 aliphatic heterocycles. The third-order valence-electron chi connectivity index (χ3n) is 2.44. The Morgan fingerprint density at radius 3 is 2.33 bits per heavy atom. The maximum atomic E-state index is 12.5. The van der Waals surface area contributed by atoms with Crippen LogP contribution in [0.4, 0.5) is 13.2 Å². The zero-order valence-corrected chi connectivity index (χ0v) is 10.7. The molecule has 1 N–H and O–H groups in total. The predicted octanol–water partition coefficient (Wildman–Crippen LogP) is 3.69. The monoisotopic (exact) mass is 261 g/mol. The zero-order chi connectivity index (χ0) is 13.8. The molecule has 0 amide bonds. The van der Waals surface area contributed by atoms with E-state index in [1.165, 1.54) is 7.05 Å². The van der Waals surface area contributed by atoms with Crippen LogP contribution in [0, 0.1) is 0 Å². The second-order valence-electron chi connectivity index (χ2n) is 4.36. The molecular formula is C13H18F3NO. The van der Waals surface area contributed by atoms with Gasteiger partial charge in [0.15, 0.2) is 0 Å². The van der Waals surface area contributed by atoms with Crippen molar-refractivity contribution in [2.75, 3.05) is 7.05 Å². The van der Waals surface area contributed by atoms with Crippen molar-refractivity contribution in [3.63, 3.8) is 0 Å². The van der Waals surface area contributed by atoms with Gasteiger partial charge in [-0.15, -0.1) is 0 Å². The summed E-state index contributed by atoms with van der Waals surface area (Å²) in [5.41, 5.74) is 0.533. The van der Waals surface area contributed by atoms with Gasteiger partial charge in [0.05, 0.1) is 12.5 Å². The minimum absolute atomic E-state index is 0.0745. The number of ether oxygens (including phenoxy) is 1. The summed E-state index contributed by atoms with van der Waals surface area (Å²) in [7, 11) is 1.52. The Morgan fingerprint density at radius 2 is 1.83 bits per heavy atom. The quantitative estimate of drug-likeness (QED) is 0.872. The van der Waals surface area contributed by atoms with Gasteiger partial charge in [-0.05, 0) is 27.0 Å². The van der Waals surface area contributed by atoms with Crippen LogP contribution in [0.3, 0.4) is 0 Å². The van der Waals surface area contributed by atoms with Crippen LogP contribution >= 0.6 is 0 Å². The van der Waals surface area contributed by atoms with Gasteiger partial charge in [0.2, 0.25) is 0 Å². The smallest absolute Gasteiger partial charge is 0.390 e. The van der Waals surface area contributed by atoms with E-state index in [1.54, 1.807) is 24.3 Å². The first-order valence-corrected chi connectivity index (χ1v) is 5.83. The molecule has 0 aliphatic carbocycles. The van der Waals surface area contributed by atoms with Crippen LogP contribution in [0.2, 0.25) is 0 Å². The molecule has 18 heavy (non-hydrogen) atoms. The molecule has 0 fully saturated rings. The van der Waals surface area contributed by atoms with Crippen molar-refractivity contribution in [1.82, 2.24) is 5.32 Å². The Kier molecular flexibility index (Phi) is 5.02. The summed E-state index contributed by atoms with van der Waals surface area (Å²) in [4.78, 5) is 0. The molecule has 0 aliphatic rings. The van der Waals surface area contributed by atoms with E-state index in [9.17, 15) is 13.2 Å². The third kappa shape index (κ3) is 4.56. The van der Waals surface area contributed by atoms with Crippen molar-refractivity contribution in [1.29, 1.82) is 0 Å². The fraction of sp³-hybridized carbons (Fsp3) is 0.538. The highest BCUT2D eigenvalue weighted by Gasteiger charge is 2.33. The normalized spacial score (nSPS) is 13.7. The standard InChI is InChI=1S/C13H18F3NO/c1-9(2)18-12-7-5-4-6-10(12)11(17-3)8-13(14,15)16/h4-7,9,11,17H,8H2,1-3H3. The molecule has 1 aromatic rings. The topological polar surface area (TPSA) is 21.3 Å². The summed E-state index contributed by atoms with van der Waals surface area (Å²) < 4.78 is 43.0. The van der Waals surface area contributed by atoms with Crippen molar-refractivity contribution in [2.45, 2.75) is 38.6 Å². The lowest BCUT2D eigenvalue weighted by atomic mass is 10.0. The zero-order valence-electron chi connectivity index (χ0n) is 10.7. The lowest BCUT2D eigenvalue weighted by molar-refractivity contribution is -0.140. The molecule has 0 aromatic heterocycles. The molecule has 0 spiro atoms. The van der Waals surface area contributed by atoms with Gasteiger partial charge in [-0.25, -0.2) is 0 Å². The van der Waals surface area contributed by atoms with Gasteiger partial charge < -0.3 is 10.1 Å². The van der Waals surface area contributed by atoms with Crippen molar-refractivity contribution in [3.05, 3.63) is 29.8 Å². The van der Waals surface area contributed by atoms with Crippen molar-refractivity contribution in [3.8, 4) is 5.75 Å². The summed E-state index contributed by atoms with van der Waals surface area (Å²) >= 11 is 0. The van der Waals surface area contributed by atoms with Crippen LogP contribution < -0.4 is 10.1 Å². The lowest BCUT2D eigenvalue weighted by Gasteiger charge is -2.22. The summed E-state index contributed by atoms with van der Waals surface area (Å²) in [5, 5.41) is 2.69. The molecule has 0 saturated carbocycles. The second kappa shape index (κ2) is 6.09. The van der Waals surface area contributed by atoms with E-state index in [0.29, 0.717) is 11.3 Å². The second-order valence-corrected chi connectivity index (χ2v) is 4.36. The van der Waals surface area contributed by atoms with Gasteiger partial charge in [-0.1, -0.05) is 18.2 Å². The average Bonchev–Trinajstić information content (AvgIpc) is 2.25. The molecule has 1 unspecified atom stereocenters. The lowest BCUT2D eigenvalue weighted by Crippen LogP contribution is -2.24. The van der Waals surface area contributed by atoms with Crippen LogP contribution in [0.5, 0.6) is 5.75 Å². The van der Waals surface area contributed by atoms with E-state index in [0.717, 1.165) is 0 Å². The van der Waals surface area contributed by atoms with Gasteiger partial charge in [-0.3, -0.25) is 0 Å². The number of para-hydroxylation sites is 1. The van der Waals surface area contributed by atoms with Crippen molar-refractivity contribution in [2.24, 2.45) is 0 Å². The Labute approximate surface area is 105 Å². The molecule has 0 bridgehead atoms. The number of alkyl halides is 3. The van der Waals surface area contributed by atoms with E-state index in [1.807, 2.05) is 13.8 Å². The number of hydrogen-bond acceptors (Lipinski definition) is 2. The van der Waals surface area contributed by atoms with E-state index >= 15 is 0 Å². The minimum Gasteiger partial charge on any atom is -0.491 e. The fourth-order valence-corrected chi connectivity index (χ4v) is 1.73. The Hall–Kier alpha value is -1.23. The highest BCUT2D eigenvalue weighted by atomic mass is 19.4. The Morgan fingerprint density at radius 1 is 1.22 bits per heavy atom. The van der Waals surface area contributed by atoms with E-state index in [4.69, 9.17) is 4.74 Å². The van der Waals surface area contributed by atoms with Gasteiger partial charge in [0.25, 0.3) is 0 Å². The molecule has 5 heteroatoms. The molecule has 102 valence electrons. The largest absolute Gasteiger partial charge is 0.491 e. The summed E-state index contributed by atoms with van der Waals surface area (Å²) in [5.74, 6) is 0.496. The van der Waals surface area contributed by atoms with Crippen LogP contribution in [-0.2, 0) is 0 Å². The number of nitrogens with one attached hydrogen (secondary N) is 1. The minimum atomic E-state index is -4.21. The van der Waals surface area contributed by atoms with Gasteiger partial charge >= 0.3 is 6.18 Å². The first-order valence-electron chi connectivity index (χ1n) is 5.83. The molecule has 1 rings (SSSR count). The first-order chi connectivity index (χ1) is 8.33. The SMILES string of the molecule is CNC(CC(F)(F)F)c1ccccc1OC(C)C. The van der Waals surface area contributed by atoms with Crippen LogP contribution in [0.1, 0.15) is 31.9 Å². The summed E-state index contributed by atoms with van der Waals surface area (Å²) in [6.07, 6.45) is -5.20. The fourth-order valence-electron chi connectivity index (χ4n) is 1.73. The molecular weight excluding hydrogens is 243 g/mol. The summed E-state index contributed by atoms with van der Waals surface area (Å²) in [6, 6.07) is 6.02. The van der Waals surface area contributed by atoms with E-state index in [-0.39, 0.29) is 6.10 Å². The van der Waals surface area contributed by atoms with E-state index in [2.05, 4.69) is 5.32 Å². The van der Waals surface area contributed by atoms with Gasteiger partial charge in [-0.2, -0.15) is 13.2 Å². The average molecular weight is 261 g/mol. The van der Waals surface area contributed by atoms with Gasteiger partial charge in [0, 0.05) is 11.6 Å². The maximum Gasteiger partial charge on any atom is 0.390 e. The molecule has 0 heterocycles. The molecule has 0 radical (unpaired) electrons. The highest BCUT2D eigenvalue weighted by Crippen LogP contribution is 2.33. The van der Waals surface area contributed by atoms with Gasteiger partial charge in [0.1, 0.15) is 5.75 Å². The molecule has 0 saturated heterocycles. The van der Waals surface area contributed by atoms with Crippen molar-refractivity contribution >= 4 is 0 Å². The number of halogens is 3. The number of hydrogen-bond donors (Lipinski definition) is 1. The third-order valence-corrected chi connectivity index (χ3v) is 2.44. The molecule has 2 nitrogen and oxygen atoms in total. The van der Waals surface area contributed by atoms with Crippen LogP contribution in [-0.4, -0.2) is 19.3 Å². The molecule has 1 aromatic carbocycles. The summed E-state index contributed by atoms with van der Waals surface area (Å²) in [6.45, 7) is 3.68. The van der Waals surface area contributed by atoms with Crippen molar-refractivity contribution < 1.29 is 17.9 Å². The first kappa shape index (κ1) is 14.8. The molecule has 1 atom stereocenters. The number of rotatable bonds is 5. The Bertz CT molecular complexity index is 377. The van der Waals surface area contributed by atoms with Crippen LogP contribution in [0.25, 0.3) is 0 Å². The van der Waals surface area contributed by atoms with Crippen LogP contribution in [0.15, 0.2) is 24.3 Å². The maximum absolute atomic E-state index is 12.5.